The summed E-state index contributed by atoms with van der Waals surface area (Å²) in [5.41, 5.74) is 1.05. The lowest BCUT2D eigenvalue weighted by Crippen LogP contribution is -2.29. The van der Waals surface area contributed by atoms with Gasteiger partial charge in [0, 0.05) is 12.7 Å². The smallest absolute Gasteiger partial charge is 0.322 e. The van der Waals surface area contributed by atoms with E-state index in [1.165, 1.54) is 0 Å². The Bertz CT molecular complexity index is 412. The lowest BCUT2D eigenvalue weighted by molar-refractivity contribution is -0.135. The van der Waals surface area contributed by atoms with Crippen molar-refractivity contribution in [3.05, 3.63) is 17.5 Å². The molecular formula is C11H17N3O3. The van der Waals surface area contributed by atoms with Crippen LogP contribution in [0.3, 0.4) is 0 Å². The fraction of sp³-hybridized carbons (Fsp3) is 0.545. The third kappa shape index (κ3) is 3.90. The van der Waals surface area contributed by atoms with Gasteiger partial charge in [0.25, 0.3) is 5.91 Å². The second kappa shape index (κ2) is 6.03. The molecule has 2 N–H and O–H groups in total. The quantitative estimate of drug-likeness (QED) is 0.769. The first-order chi connectivity index (χ1) is 8.04. The minimum atomic E-state index is -1.06. The van der Waals surface area contributed by atoms with Crippen LogP contribution in [0.15, 0.2) is 6.20 Å². The molecule has 6 nitrogen and oxygen atoms in total. The highest BCUT2D eigenvalue weighted by atomic mass is 16.4. The summed E-state index contributed by atoms with van der Waals surface area (Å²) in [7, 11) is 0. The van der Waals surface area contributed by atoms with Gasteiger partial charge in [-0.3, -0.25) is 14.3 Å². The van der Waals surface area contributed by atoms with Crippen LogP contribution in [-0.2, 0) is 11.3 Å². The number of aromatic nitrogens is 2. The monoisotopic (exact) mass is 239 g/mol. The van der Waals surface area contributed by atoms with Gasteiger partial charge in [-0.1, -0.05) is 13.3 Å². The molecule has 0 bridgehead atoms. The summed E-state index contributed by atoms with van der Waals surface area (Å²) < 4.78 is 1.72. The number of amides is 1. The summed E-state index contributed by atoms with van der Waals surface area (Å²) in [5.74, 6) is -1.46. The third-order valence-electron chi connectivity index (χ3n) is 2.33. The van der Waals surface area contributed by atoms with E-state index in [2.05, 4.69) is 17.3 Å². The summed E-state index contributed by atoms with van der Waals surface area (Å²) >= 11 is 0. The maximum absolute atomic E-state index is 11.6. The number of aliphatic carboxylic acids is 1. The van der Waals surface area contributed by atoms with E-state index < -0.39 is 11.9 Å². The number of aryl methyl sites for hydroxylation is 2. The minimum absolute atomic E-state index is 0.377. The SMILES string of the molecule is CCCCn1cc(C(=O)NCC(=O)O)c(C)n1. The Morgan fingerprint density at radius 3 is 2.82 bits per heavy atom. The average Bonchev–Trinajstić information content (AvgIpc) is 2.64. The normalized spacial score (nSPS) is 10.2. The highest BCUT2D eigenvalue weighted by molar-refractivity contribution is 5.96. The Morgan fingerprint density at radius 2 is 2.24 bits per heavy atom. The van der Waals surface area contributed by atoms with Crippen LogP contribution in [-0.4, -0.2) is 33.3 Å². The van der Waals surface area contributed by atoms with Crippen molar-refractivity contribution in [3.63, 3.8) is 0 Å². The number of carboxylic acids is 1. The second-order valence-corrected chi connectivity index (χ2v) is 3.82. The van der Waals surface area contributed by atoms with Gasteiger partial charge < -0.3 is 10.4 Å². The zero-order valence-corrected chi connectivity index (χ0v) is 10.1. The standard InChI is InChI=1S/C11H17N3O3/c1-3-4-5-14-7-9(8(2)13-14)11(17)12-6-10(15)16/h7H,3-6H2,1-2H3,(H,12,17)(H,15,16). The predicted molar refractivity (Wildman–Crippen MR) is 61.8 cm³/mol. The van der Waals surface area contributed by atoms with Crippen molar-refractivity contribution in [1.82, 2.24) is 15.1 Å². The van der Waals surface area contributed by atoms with Crippen molar-refractivity contribution < 1.29 is 14.7 Å². The largest absolute Gasteiger partial charge is 0.480 e. The molecular weight excluding hydrogens is 222 g/mol. The Balaban J connectivity index is 2.66. The molecule has 1 aromatic rings. The molecule has 17 heavy (non-hydrogen) atoms. The zero-order chi connectivity index (χ0) is 12.8. The number of rotatable bonds is 6. The first-order valence-corrected chi connectivity index (χ1v) is 5.58. The highest BCUT2D eigenvalue weighted by Crippen LogP contribution is 2.06. The van der Waals surface area contributed by atoms with Gasteiger partial charge in [0.2, 0.25) is 0 Å². The van der Waals surface area contributed by atoms with Crippen molar-refractivity contribution in [2.24, 2.45) is 0 Å². The van der Waals surface area contributed by atoms with Crippen molar-refractivity contribution in [3.8, 4) is 0 Å². The van der Waals surface area contributed by atoms with E-state index in [9.17, 15) is 9.59 Å². The number of carboxylic acid groups (broad SMARTS) is 1. The van der Waals surface area contributed by atoms with Crippen LogP contribution in [0.4, 0.5) is 0 Å². The van der Waals surface area contributed by atoms with Gasteiger partial charge in [-0.2, -0.15) is 5.10 Å². The summed E-state index contributed by atoms with van der Waals surface area (Å²) in [6, 6.07) is 0. The van der Waals surface area contributed by atoms with E-state index in [0.29, 0.717) is 11.3 Å². The van der Waals surface area contributed by atoms with Crippen molar-refractivity contribution in [2.45, 2.75) is 33.2 Å². The molecule has 6 heteroatoms. The first kappa shape index (κ1) is 13.2. The Kier molecular flexibility index (Phi) is 4.68. The molecule has 0 saturated carbocycles. The van der Waals surface area contributed by atoms with E-state index in [-0.39, 0.29) is 6.54 Å². The van der Waals surface area contributed by atoms with Gasteiger partial charge in [0.05, 0.1) is 11.3 Å². The summed E-state index contributed by atoms with van der Waals surface area (Å²) in [6.07, 6.45) is 3.71. The third-order valence-corrected chi connectivity index (χ3v) is 2.33. The molecule has 0 saturated heterocycles. The van der Waals surface area contributed by atoms with E-state index >= 15 is 0 Å². The van der Waals surface area contributed by atoms with E-state index in [1.807, 2.05) is 0 Å². The van der Waals surface area contributed by atoms with Crippen molar-refractivity contribution in [2.75, 3.05) is 6.54 Å². The summed E-state index contributed by atoms with van der Waals surface area (Å²) in [5, 5.41) is 15.0. The molecule has 1 aromatic heterocycles. The minimum Gasteiger partial charge on any atom is -0.480 e. The van der Waals surface area contributed by atoms with E-state index in [4.69, 9.17) is 5.11 Å². The molecule has 94 valence electrons. The van der Waals surface area contributed by atoms with Gasteiger partial charge in [0.1, 0.15) is 6.54 Å². The molecule has 0 fully saturated rings. The lowest BCUT2D eigenvalue weighted by atomic mass is 10.2. The van der Waals surface area contributed by atoms with Gasteiger partial charge in [-0.25, -0.2) is 0 Å². The van der Waals surface area contributed by atoms with Gasteiger partial charge in [0.15, 0.2) is 0 Å². The van der Waals surface area contributed by atoms with Gasteiger partial charge >= 0.3 is 5.97 Å². The molecule has 0 aromatic carbocycles. The Labute approximate surface area is 99.6 Å². The number of nitrogens with one attached hydrogen (secondary N) is 1. The number of hydrogen-bond donors (Lipinski definition) is 2. The zero-order valence-electron chi connectivity index (χ0n) is 10.1. The fourth-order valence-electron chi connectivity index (χ4n) is 1.43. The van der Waals surface area contributed by atoms with E-state index in [1.54, 1.807) is 17.8 Å². The van der Waals surface area contributed by atoms with Gasteiger partial charge in [-0.05, 0) is 13.3 Å². The van der Waals surface area contributed by atoms with Crippen LogP contribution >= 0.6 is 0 Å². The number of carbonyl (C=O) groups is 2. The van der Waals surface area contributed by atoms with Crippen LogP contribution in [0.25, 0.3) is 0 Å². The van der Waals surface area contributed by atoms with Crippen LogP contribution in [0.5, 0.6) is 0 Å². The van der Waals surface area contributed by atoms with Gasteiger partial charge in [-0.15, -0.1) is 0 Å². The Hall–Kier alpha value is -1.85. The number of carbonyl (C=O) groups excluding carboxylic acids is 1. The molecule has 1 heterocycles. The van der Waals surface area contributed by atoms with Crippen molar-refractivity contribution in [1.29, 1.82) is 0 Å². The maximum Gasteiger partial charge on any atom is 0.322 e. The molecule has 1 rings (SSSR count). The molecule has 0 atom stereocenters. The second-order valence-electron chi connectivity index (χ2n) is 3.82. The molecule has 0 aliphatic rings. The predicted octanol–water partition coefficient (Wildman–Crippen LogP) is 0.806. The average molecular weight is 239 g/mol. The molecule has 1 amide bonds. The highest BCUT2D eigenvalue weighted by Gasteiger charge is 2.13. The van der Waals surface area contributed by atoms with Crippen LogP contribution in [0.1, 0.15) is 35.8 Å². The molecule has 0 aliphatic heterocycles. The maximum atomic E-state index is 11.6. The van der Waals surface area contributed by atoms with Crippen LogP contribution < -0.4 is 5.32 Å². The lowest BCUT2D eigenvalue weighted by Gasteiger charge is -1.99. The fourth-order valence-corrected chi connectivity index (χ4v) is 1.43. The molecule has 0 aliphatic carbocycles. The summed E-state index contributed by atoms with van der Waals surface area (Å²) in [4.78, 5) is 22.0. The Morgan fingerprint density at radius 1 is 1.53 bits per heavy atom. The number of nitrogens with zero attached hydrogens (tertiary/aromatic N) is 2. The topological polar surface area (TPSA) is 84.2 Å². The molecule has 0 spiro atoms. The van der Waals surface area contributed by atoms with Crippen molar-refractivity contribution >= 4 is 11.9 Å². The van der Waals surface area contributed by atoms with E-state index in [0.717, 1.165) is 19.4 Å². The molecule has 0 radical (unpaired) electrons. The number of unbranched alkanes of at least 4 members (excludes halogenated alkanes) is 1. The first-order valence-electron chi connectivity index (χ1n) is 5.58. The number of hydrogen-bond acceptors (Lipinski definition) is 3. The van der Waals surface area contributed by atoms with Crippen LogP contribution in [0.2, 0.25) is 0 Å². The van der Waals surface area contributed by atoms with Crippen LogP contribution in [0, 0.1) is 6.92 Å². The summed E-state index contributed by atoms with van der Waals surface area (Å²) in [6.45, 7) is 4.21. The molecule has 0 unspecified atom stereocenters.